The number of benzene rings is 1. The van der Waals surface area contributed by atoms with Gasteiger partial charge >= 0.3 is 5.97 Å². The molecule has 1 atom stereocenters. The average Bonchev–Trinajstić information content (AvgIpc) is 2.55. The first-order chi connectivity index (χ1) is 10.8. The van der Waals surface area contributed by atoms with Crippen LogP contribution in [0, 0.1) is 0 Å². The van der Waals surface area contributed by atoms with Gasteiger partial charge in [-0.1, -0.05) is 89.1 Å². The van der Waals surface area contributed by atoms with Crippen molar-refractivity contribution in [2.75, 3.05) is 6.61 Å². The molecule has 0 amide bonds. The van der Waals surface area contributed by atoms with E-state index in [1.54, 1.807) is 0 Å². The number of esters is 1. The zero-order chi connectivity index (χ0) is 16.0. The first-order valence-corrected chi connectivity index (χ1v) is 9.01. The van der Waals surface area contributed by atoms with Gasteiger partial charge in [0.05, 0.1) is 12.5 Å². The van der Waals surface area contributed by atoms with E-state index in [1.165, 1.54) is 44.9 Å². The van der Waals surface area contributed by atoms with E-state index in [0.717, 1.165) is 18.4 Å². The Morgan fingerprint density at radius 3 is 2.09 bits per heavy atom. The number of ether oxygens (including phenoxy) is 1. The van der Waals surface area contributed by atoms with Crippen LogP contribution < -0.4 is 0 Å². The molecule has 124 valence electrons. The van der Waals surface area contributed by atoms with Gasteiger partial charge < -0.3 is 4.74 Å². The second kappa shape index (κ2) is 12.3. The van der Waals surface area contributed by atoms with Crippen molar-refractivity contribution in [3.8, 4) is 0 Å². The summed E-state index contributed by atoms with van der Waals surface area (Å²) < 4.78 is 5.46. The third-order valence-corrected chi connectivity index (χ3v) is 4.14. The predicted octanol–water partition coefficient (Wildman–Crippen LogP) is 5.86. The summed E-state index contributed by atoms with van der Waals surface area (Å²) in [5.41, 5.74) is 1.06. The van der Waals surface area contributed by atoms with Gasteiger partial charge in [-0.25, -0.2) is 0 Å². The van der Waals surface area contributed by atoms with Crippen LogP contribution in [-0.2, 0) is 9.53 Å². The minimum Gasteiger partial charge on any atom is -0.465 e. The summed E-state index contributed by atoms with van der Waals surface area (Å²) in [4.78, 5) is 12.2. The molecule has 0 heterocycles. The lowest BCUT2D eigenvalue weighted by Gasteiger charge is -2.14. The Labute approximate surface area is 136 Å². The molecule has 0 aromatic heterocycles. The summed E-state index contributed by atoms with van der Waals surface area (Å²) >= 11 is 0. The number of rotatable bonds is 12. The summed E-state index contributed by atoms with van der Waals surface area (Å²) in [5.74, 6) is -0.188. The van der Waals surface area contributed by atoms with Crippen molar-refractivity contribution in [1.29, 1.82) is 0 Å². The average molecular weight is 304 g/mol. The van der Waals surface area contributed by atoms with Crippen LogP contribution in [0.5, 0.6) is 0 Å². The van der Waals surface area contributed by atoms with E-state index < -0.39 is 0 Å². The molecule has 0 aliphatic rings. The molecule has 22 heavy (non-hydrogen) atoms. The zero-order valence-corrected chi connectivity index (χ0v) is 14.4. The quantitative estimate of drug-likeness (QED) is 0.357. The molecule has 0 N–H and O–H groups in total. The number of hydrogen-bond acceptors (Lipinski definition) is 2. The fraction of sp³-hybridized carbons (Fsp3) is 0.650. The molecule has 0 saturated heterocycles. The molecule has 0 saturated carbocycles. The topological polar surface area (TPSA) is 26.3 Å². The number of unbranched alkanes of at least 4 members (excludes halogenated alkanes) is 7. The van der Waals surface area contributed by atoms with Crippen LogP contribution in [0.2, 0.25) is 0 Å². The van der Waals surface area contributed by atoms with Crippen molar-refractivity contribution >= 4 is 5.97 Å². The number of hydrogen-bond donors (Lipinski definition) is 0. The van der Waals surface area contributed by atoms with Gasteiger partial charge in [-0.15, -0.1) is 0 Å². The smallest absolute Gasteiger partial charge is 0.313 e. The lowest BCUT2D eigenvalue weighted by Crippen LogP contribution is -2.16. The highest BCUT2D eigenvalue weighted by molar-refractivity contribution is 5.78. The SMILES string of the molecule is CCCCCCCCCCOC(=O)C(CC)c1ccccc1. The Kier molecular flexibility index (Phi) is 10.4. The van der Waals surface area contributed by atoms with E-state index in [9.17, 15) is 4.79 Å². The first kappa shape index (κ1) is 18.7. The zero-order valence-electron chi connectivity index (χ0n) is 14.4. The monoisotopic (exact) mass is 304 g/mol. The molecule has 2 heteroatoms. The van der Waals surface area contributed by atoms with E-state index >= 15 is 0 Å². The lowest BCUT2D eigenvalue weighted by atomic mass is 9.97. The second-order valence-electron chi connectivity index (χ2n) is 6.01. The Morgan fingerprint density at radius 2 is 1.50 bits per heavy atom. The van der Waals surface area contributed by atoms with E-state index in [-0.39, 0.29) is 11.9 Å². The lowest BCUT2D eigenvalue weighted by molar-refractivity contribution is -0.145. The Hall–Kier alpha value is -1.31. The minimum absolute atomic E-state index is 0.0726. The molecule has 1 aromatic rings. The standard InChI is InChI=1S/C20H32O2/c1-3-5-6-7-8-9-10-14-17-22-20(21)19(4-2)18-15-12-11-13-16-18/h11-13,15-16,19H,3-10,14,17H2,1-2H3. The van der Waals surface area contributed by atoms with Crippen molar-refractivity contribution in [3.05, 3.63) is 35.9 Å². The van der Waals surface area contributed by atoms with Gasteiger partial charge in [0.25, 0.3) is 0 Å². The van der Waals surface area contributed by atoms with E-state index in [1.807, 2.05) is 37.3 Å². The number of carbonyl (C=O) groups excluding carboxylic acids is 1. The molecular formula is C20H32O2. The van der Waals surface area contributed by atoms with Gasteiger partial charge in [-0.05, 0) is 18.4 Å². The van der Waals surface area contributed by atoms with Crippen molar-refractivity contribution in [1.82, 2.24) is 0 Å². The highest BCUT2D eigenvalue weighted by Gasteiger charge is 2.19. The van der Waals surface area contributed by atoms with Crippen molar-refractivity contribution in [2.45, 2.75) is 77.6 Å². The molecule has 1 rings (SSSR count). The van der Waals surface area contributed by atoms with Gasteiger partial charge in [0.2, 0.25) is 0 Å². The second-order valence-corrected chi connectivity index (χ2v) is 6.01. The van der Waals surface area contributed by atoms with Crippen molar-refractivity contribution in [3.63, 3.8) is 0 Å². The third kappa shape index (κ3) is 7.63. The normalized spacial score (nSPS) is 12.1. The van der Waals surface area contributed by atoms with Gasteiger partial charge in [-0.3, -0.25) is 4.79 Å². The maximum absolute atomic E-state index is 12.2. The van der Waals surface area contributed by atoms with E-state index in [0.29, 0.717) is 6.61 Å². The molecule has 2 nitrogen and oxygen atoms in total. The van der Waals surface area contributed by atoms with Crippen molar-refractivity contribution in [2.24, 2.45) is 0 Å². The van der Waals surface area contributed by atoms with Crippen LogP contribution in [-0.4, -0.2) is 12.6 Å². The van der Waals surface area contributed by atoms with Crippen LogP contribution in [0.15, 0.2) is 30.3 Å². The maximum Gasteiger partial charge on any atom is 0.313 e. The Bertz CT molecular complexity index is 386. The first-order valence-electron chi connectivity index (χ1n) is 9.01. The van der Waals surface area contributed by atoms with E-state index in [2.05, 4.69) is 6.92 Å². The summed E-state index contributed by atoms with van der Waals surface area (Å²) in [5, 5.41) is 0. The number of carbonyl (C=O) groups is 1. The molecule has 1 aromatic carbocycles. The molecule has 0 aliphatic heterocycles. The summed E-state index contributed by atoms with van der Waals surface area (Å²) in [7, 11) is 0. The minimum atomic E-state index is -0.116. The summed E-state index contributed by atoms with van der Waals surface area (Å²) in [6, 6.07) is 9.94. The molecule has 0 spiro atoms. The maximum atomic E-state index is 12.2. The molecule has 0 radical (unpaired) electrons. The molecule has 0 bridgehead atoms. The van der Waals surface area contributed by atoms with Crippen molar-refractivity contribution < 1.29 is 9.53 Å². The van der Waals surface area contributed by atoms with Gasteiger partial charge in [0.15, 0.2) is 0 Å². The van der Waals surface area contributed by atoms with Crippen LogP contribution in [0.3, 0.4) is 0 Å². The summed E-state index contributed by atoms with van der Waals surface area (Å²) in [6.07, 6.45) is 10.9. The van der Waals surface area contributed by atoms with Gasteiger partial charge in [0, 0.05) is 0 Å². The fourth-order valence-electron chi connectivity index (χ4n) is 2.73. The fourth-order valence-corrected chi connectivity index (χ4v) is 2.73. The molecule has 1 unspecified atom stereocenters. The van der Waals surface area contributed by atoms with E-state index in [4.69, 9.17) is 4.74 Å². The molecule has 0 fully saturated rings. The molecule has 0 aliphatic carbocycles. The van der Waals surface area contributed by atoms with Crippen LogP contribution in [0.25, 0.3) is 0 Å². The van der Waals surface area contributed by atoms with Crippen LogP contribution >= 0.6 is 0 Å². The Morgan fingerprint density at radius 1 is 0.909 bits per heavy atom. The highest BCUT2D eigenvalue weighted by Crippen LogP contribution is 2.21. The van der Waals surface area contributed by atoms with Gasteiger partial charge in [0.1, 0.15) is 0 Å². The van der Waals surface area contributed by atoms with Crippen LogP contribution in [0.1, 0.15) is 83.1 Å². The molecular weight excluding hydrogens is 272 g/mol. The van der Waals surface area contributed by atoms with Crippen LogP contribution in [0.4, 0.5) is 0 Å². The predicted molar refractivity (Wildman–Crippen MR) is 93.0 cm³/mol. The van der Waals surface area contributed by atoms with Gasteiger partial charge in [-0.2, -0.15) is 0 Å². The highest BCUT2D eigenvalue weighted by atomic mass is 16.5. The largest absolute Gasteiger partial charge is 0.465 e. The third-order valence-electron chi connectivity index (χ3n) is 4.14. The Balaban J connectivity index is 2.12. The summed E-state index contributed by atoms with van der Waals surface area (Å²) in [6.45, 7) is 4.85.